The third-order valence-corrected chi connectivity index (χ3v) is 2.07. The van der Waals surface area contributed by atoms with E-state index >= 15 is 0 Å². The minimum absolute atomic E-state index is 0.0478. The van der Waals surface area contributed by atoms with Crippen LogP contribution in [0, 0.1) is 10.1 Å². The second-order valence-electron chi connectivity index (χ2n) is 3.11. The Morgan fingerprint density at radius 2 is 2.06 bits per heavy atom. The first-order chi connectivity index (χ1) is 7.70. The Morgan fingerprint density at radius 1 is 1.38 bits per heavy atom. The predicted molar refractivity (Wildman–Crippen MR) is 55.6 cm³/mol. The van der Waals surface area contributed by atoms with E-state index in [1.165, 1.54) is 16.9 Å². The van der Waals surface area contributed by atoms with Crippen LogP contribution in [-0.4, -0.2) is 25.1 Å². The molecule has 0 aliphatic rings. The fourth-order valence-electron chi connectivity index (χ4n) is 1.22. The van der Waals surface area contributed by atoms with Crippen molar-refractivity contribution in [3.8, 4) is 11.4 Å². The molecular formula is C9H9N5O2. The van der Waals surface area contributed by atoms with E-state index in [0.29, 0.717) is 17.9 Å². The third kappa shape index (κ3) is 1.88. The van der Waals surface area contributed by atoms with Crippen molar-refractivity contribution in [2.45, 2.75) is 13.5 Å². The molecule has 16 heavy (non-hydrogen) atoms. The topological polar surface area (TPSA) is 86.7 Å². The molecular weight excluding hydrogens is 210 g/mol. The first-order valence-electron chi connectivity index (χ1n) is 4.73. The number of non-ortho nitro benzene ring substituents is 1. The molecule has 0 atom stereocenters. The van der Waals surface area contributed by atoms with Gasteiger partial charge in [-0.2, -0.15) is 4.80 Å². The summed E-state index contributed by atoms with van der Waals surface area (Å²) in [6, 6.07) is 6.05. The SMILES string of the molecule is CCn1nnc(-c2ccc([N+](=O)[O-])cc2)n1. The van der Waals surface area contributed by atoms with Gasteiger partial charge < -0.3 is 0 Å². The largest absolute Gasteiger partial charge is 0.269 e. The average molecular weight is 219 g/mol. The van der Waals surface area contributed by atoms with Gasteiger partial charge in [0.2, 0.25) is 5.82 Å². The molecule has 0 amide bonds. The minimum Gasteiger partial charge on any atom is -0.258 e. The fraction of sp³-hybridized carbons (Fsp3) is 0.222. The normalized spacial score (nSPS) is 10.3. The lowest BCUT2D eigenvalue weighted by Gasteiger charge is -1.94. The van der Waals surface area contributed by atoms with Crippen molar-refractivity contribution in [3.63, 3.8) is 0 Å². The lowest BCUT2D eigenvalue weighted by molar-refractivity contribution is -0.384. The number of rotatable bonds is 3. The molecule has 2 aromatic rings. The molecule has 82 valence electrons. The van der Waals surface area contributed by atoms with E-state index in [2.05, 4.69) is 15.4 Å². The van der Waals surface area contributed by atoms with E-state index in [1.54, 1.807) is 12.1 Å². The van der Waals surface area contributed by atoms with Gasteiger partial charge >= 0.3 is 0 Å². The van der Waals surface area contributed by atoms with Crippen LogP contribution in [0.1, 0.15) is 6.92 Å². The highest BCUT2D eigenvalue weighted by atomic mass is 16.6. The Labute approximate surface area is 90.9 Å². The van der Waals surface area contributed by atoms with Crippen molar-refractivity contribution >= 4 is 5.69 Å². The van der Waals surface area contributed by atoms with E-state index in [1.807, 2.05) is 6.92 Å². The first kappa shape index (κ1) is 10.2. The summed E-state index contributed by atoms with van der Waals surface area (Å²) in [5.41, 5.74) is 0.761. The Hall–Kier alpha value is -2.31. The van der Waals surface area contributed by atoms with Crippen LogP contribution in [0.2, 0.25) is 0 Å². The van der Waals surface area contributed by atoms with Gasteiger partial charge in [-0.1, -0.05) is 0 Å². The van der Waals surface area contributed by atoms with Crippen LogP contribution >= 0.6 is 0 Å². The summed E-state index contributed by atoms with van der Waals surface area (Å²) in [6.07, 6.45) is 0. The van der Waals surface area contributed by atoms with Gasteiger partial charge in [-0.05, 0) is 24.3 Å². The maximum absolute atomic E-state index is 10.5. The second-order valence-corrected chi connectivity index (χ2v) is 3.11. The molecule has 0 bridgehead atoms. The molecule has 1 aromatic heterocycles. The van der Waals surface area contributed by atoms with Gasteiger partial charge in [0.25, 0.3) is 5.69 Å². The summed E-state index contributed by atoms with van der Waals surface area (Å²) < 4.78 is 0. The maximum Gasteiger partial charge on any atom is 0.269 e. The average Bonchev–Trinajstić information content (AvgIpc) is 2.77. The van der Waals surface area contributed by atoms with E-state index < -0.39 is 4.92 Å². The van der Waals surface area contributed by atoms with Crippen LogP contribution in [-0.2, 0) is 6.54 Å². The van der Waals surface area contributed by atoms with Crippen molar-refractivity contribution in [2.75, 3.05) is 0 Å². The van der Waals surface area contributed by atoms with Gasteiger partial charge in [0.1, 0.15) is 0 Å². The summed E-state index contributed by atoms with van der Waals surface area (Å²) in [4.78, 5) is 11.5. The van der Waals surface area contributed by atoms with E-state index in [0.717, 1.165) is 0 Å². The number of nitro groups is 1. The molecule has 0 fully saturated rings. The summed E-state index contributed by atoms with van der Waals surface area (Å²) in [5, 5.41) is 22.2. The van der Waals surface area contributed by atoms with E-state index in [4.69, 9.17) is 0 Å². The molecule has 1 aromatic carbocycles. The molecule has 0 aliphatic heterocycles. The van der Waals surface area contributed by atoms with Crippen molar-refractivity contribution < 1.29 is 4.92 Å². The van der Waals surface area contributed by atoms with Crippen LogP contribution < -0.4 is 0 Å². The molecule has 2 rings (SSSR count). The van der Waals surface area contributed by atoms with Crippen molar-refractivity contribution in [1.29, 1.82) is 0 Å². The molecule has 1 heterocycles. The lowest BCUT2D eigenvalue weighted by Crippen LogP contribution is -1.98. The van der Waals surface area contributed by atoms with Crippen LogP contribution in [0.15, 0.2) is 24.3 Å². The number of aromatic nitrogens is 4. The van der Waals surface area contributed by atoms with Gasteiger partial charge in [0.05, 0.1) is 11.5 Å². The summed E-state index contributed by atoms with van der Waals surface area (Å²) in [5.74, 6) is 0.469. The molecule has 0 saturated carbocycles. The second kappa shape index (κ2) is 4.05. The van der Waals surface area contributed by atoms with Gasteiger partial charge in [0, 0.05) is 17.7 Å². The number of tetrazole rings is 1. The van der Waals surface area contributed by atoms with Gasteiger partial charge in [-0.3, -0.25) is 10.1 Å². The molecule has 0 radical (unpaired) electrons. The van der Waals surface area contributed by atoms with Crippen LogP contribution in [0.4, 0.5) is 5.69 Å². The molecule has 0 N–H and O–H groups in total. The van der Waals surface area contributed by atoms with Crippen LogP contribution in [0.25, 0.3) is 11.4 Å². The Kier molecular flexibility index (Phi) is 2.59. The highest BCUT2D eigenvalue weighted by Gasteiger charge is 2.08. The molecule has 0 saturated heterocycles. The van der Waals surface area contributed by atoms with Crippen molar-refractivity contribution in [1.82, 2.24) is 20.2 Å². The van der Waals surface area contributed by atoms with Gasteiger partial charge in [-0.15, -0.1) is 10.2 Å². The zero-order valence-corrected chi connectivity index (χ0v) is 8.57. The maximum atomic E-state index is 10.5. The quantitative estimate of drug-likeness (QED) is 0.573. The monoisotopic (exact) mass is 219 g/mol. The van der Waals surface area contributed by atoms with Crippen molar-refractivity contribution in [2.24, 2.45) is 0 Å². The number of aryl methyl sites for hydroxylation is 1. The number of hydrogen-bond acceptors (Lipinski definition) is 5. The molecule has 7 heteroatoms. The highest BCUT2D eigenvalue weighted by Crippen LogP contribution is 2.18. The number of nitrogens with zero attached hydrogens (tertiary/aromatic N) is 5. The standard InChI is InChI=1S/C9H9N5O2/c1-2-13-11-9(10-12-13)7-3-5-8(6-4-7)14(15)16/h3-6H,2H2,1H3. The highest BCUT2D eigenvalue weighted by molar-refractivity contribution is 5.56. The Morgan fingerprint density at radius 3 is 2.56 bits per heavy atom. The Balaban J connectivity index is 2.30. The minimum atomic E-state index is -0.444. The predicted octanol–water partition coefficient (Wildman–Crippen LogP) is 1.27. The lowest BCUT2D eigenvalue weighted by atomic mass is 10.2. The third-order valence-electron chi connectivity index (χ3n) is 2.07. The summed E-state index contributed by atoms with van der Waals surface area (Å²) >= 11 is 0. The van der Waals surface area contributed by atoms with E-state index in [-0.39, 0.29) is 5.69 Å². The molecule has 0 unspecified atom stereocenters. The Bertz CT molecular complexity index is 505. The number of nitro benzene ring substituents is 1. The fourth-order valence-corrected chi connectivity index (χ4v) is 1.22. The van der Waals surface area contributed by atoms with Gasteiger partial charge in [-0.25, -0.2) is 0 Å². The van der Waals surface area contributed by atoms with Crippen LogP contribution in [0.3, 0.4) is 0 Å². The smallest absolute Gasteiger partial charge is 0.258 e. The zero-order chi connectivity index (χ0) is 11.5. The van der Waals surface area contributed by atoms with Gasteiger partial charge in [0.15, 0.2) is 0 Å². The molecule has 0 spiro atoms. The summed E-state index contributed by atoms with van der Waals surface area (Å²) in [6.45, 7) is 2.54. The van der Waals surface area contributed by atoms with Crippen molar-refractivity contribution in [3.05, 3.63) is 34.4 Å². The van der Waals surface area contributed by atoms with E-state index in [9.17, 15) is 10.1 Å². The molecule has 0 aliphatic carbocycles. The number of hydrogen-bond donors (Lipinski definition) is 0. The number of benzene rings is 1. The zero-order valence-electron chi connectivity index (χ0n) is 8.57. The summed E-state index contributed by atoms with van der Waals surface area (Å²) in [7, 11) is 0. The first-order valence-corrected chi connectivity index (χ1v) is 4.73. The molecule has 7 nitrogen and oxygen atoms in total. The van der Waals surface area contributed by atoms with Crippen LogP contribution in [0.5, 0.6) is 0 Å².